The van der Waals surface area contributed by atoms with E-state index >= 15 is 0 Å². The fourth-order valence-corrected chi connectivity index (χ4v) is 0.173. The molecule has 2 N–H and O–H groups in total. The molecule has 0 bridgehead atoms. The van der Waals surface area contributed by atoms with Crippen LogP contribution in [0.5, 0.6) is 0 Å². The Balaban J connectivity index is 0. The molecule has 0 radical (unpaired) electrons. The predicted octanol–water partition coefficient (Wildman–Crippen LogP) is -1.68. The Morgan fingerprint density at radius 2 is 1.67 bits per heavy atom. The number of hydrogen-bond acceptors (Lipinski definition) is 3. The first-order valence-corrected chi connectivity index (χ1v) is 1.92. The first-order valence-electron chi connectivity index (χ1n) is 1.92. The molecule has 0 aliphatic carbocycles. The number of imide groups is 3. The van der Waals surface area contributed by atoms with E-state index in [1.165, 1.54) is 0 Å². The minimum Gasteiger partial charge on any atom is -0.412 e. The van der Waals surface area contributed by atoms with Gasteiger partial charge in [0.15, 0.2) is 0 Å². The molecule has 5 heteroatoms. The third-order valence-electron chi connectivity index (χ3n) is 0.591. The Kier molecular flexibility index (Phi) is 5.84. The Labute approximate surface area is 51.6 Å². The van der Waals surface area contributed by atoms with Crippen molar-refractivity contribution >= 4 is 18.7 Å². The highest BCUT2D eigenvalue weighted by Gasteiger charge is 2.01. The molecule has 0 fully saturated rings. The van der Waals surface area contributed by atoms with Gasteiger partial charge in [-0.05, 0) is 0 Å². The lowest BCUT2D eigenvalue weighted by Crippen LogP contribution is -2.24. The molecule has 0 saturated carbocycles. The summed E-state index contributed by atoms with van der Waals surface area (Å²) >= 11 is 0. The maximum absolute atomic E-state index is 10.1. The summed E-state index contributed by atoms with van der Waals surface area (Å²) in [7, 11) is 0. The molecule has 0 spiro atoms. The molecule has 0 unspecified atom stereocenters. The zero-order chi connectivity index (χ0) is 6.57. The van der Waals surface area contributed by atoms with Crippen LogP contribution >= 0.6 is 0 Å². The summed E-state index contributed by atoms with van der Waals surface area (Å²) in [5.41, 5.74) is 0. The summed E-state index contributed by atoms with van der Waals surface area (Å²) in [4.78, 5) is 29.8. The van der Waals surface area contributed by atoms with E-state index in [9.17, 15) is 14.4 Å². The van der Waals surface area contributed by atoms with Gasteiger partial charge in [0, 0.05) is 6.92 Å². The molecule has 0 aromatic rings. The third kappa shape index (κ3) is 3.36. The Morgan fingerprint density at radius 3 is 1.67 bits per heavy atom. The minimum absolute atomic E-state index is 0. The number of hydrogen-bond donors (Lipinski definition) is 0. The molecule has 0 rings (SSSR count). The Morgan fingerprint density at radius 1 is 1.33 bits per heavy atom. The SMILES string of the molecule is CC(=O)N(C=O)C=O.O. The van der Waals surface area contributed by atoms with Gasteiger partial charge < -0.3 is 5.48 Å². The second-order valence-corrected chi connectivity index (χ2v) is 1.14. The van der Waals surface area contributed by atoms with Crippen LogP contribution in [0.1, 0.15) is 6.92 Å². The smallest absolute Gasteiger partial charge is 0.232 e. The van der Waals surface area contributed by atoms with E-state index in [4.69, 9.17) is 0 Å². The number of rotatable bonds is 2. The van der Waals surface area contributed by atoms with Crippen LogP contribution in [-0.2, 0) is 14.4 Å². The van der Waals surface area contributed by atoms with Crippen LogP contribution in [0.4, 0.5) is 0 Å². The van der Waals surface area contributed by atoms with Crippen molar-refractivity contribution in [2.24, 2.45) is 0 Å². The lowest BCUT2D eigenvalue weighted by Gasteiger charge is -1.98. The van der Waals surface area contributed by atoms with Gasteiger partial charge in [-0.2, -0.15) is 0 Å². The standard InChI is InChI=1S/C4H5NO3.H2O/c1-4(8)5(2-6)3-7;/h2-3H,1H3;1H2. The van der Waals surface area contributed by atoms with Crippen LogP contribution in [-0.4, -0.2) is 29.1 Å². The highest BCUT2D eigenvalue weighted by atomic mass is 16.2. The monoisotopic (exact) mass is 133 g/mol. The van der Waals surface area contributed by atoms with E-state index in [2.05, 4.69) is 0 Å². The van der Waals surface area contributed by atoms with Gasteiger partial charge in [-0.1, -0.05) is 0 Å². The zero-order valence-electron chi connectivity index (χ0n) is 4.83. The van der Waals surface area contributed by atoms with E-state index in [-0.39, 0.29) is 18.3 Å². The Bertz CT molecular complexity index is 114. The molecule has 52 valence electrons. The topological polar surface area (TPSA) is 86.0 Å². The molecule has 0 saturated heterocycles. The molecule has 0 aliphatic heterocycles. The molecular weight excluding hydrogens is 126 g/mol. The number of carbonyl (C=O) groups excluding carboxylic acids is 3. The van der Waals surface area contributed by atoms with Gasteiger partial charge in [0.25, 0.3) is 0 Å². The molecule has 3 amide bonds. The van der Waals surface area contributed by atoms with Crippen molar-refractivity contribution in [1.82, 2.24) is 4.90 Å². The maximum Gasteiger partial charge on any atom is 0.232 e. The zero-order valence-corrected chi connectivity index (χ0v) is 4.83. The highest BCUT2D eigenvalue weighted by Crippen LogP contribution is 1.73. The van der Waals surface area contributed by atoms with Crippen LogP contribution in [0.2, 0.25) is 0 Å². The van der Waals surface area contributed by atoms with Crippen LogP contribution in [0.3, 0.4) is 0 Å². The molecule has 0 aromatic heterocycles. The molecule has 0 atom stereocenters. The largest absolute Gasteiger partial charge is 0.412 e. The third-order valence-corrected chi connectivity index (χ3v) is 0.591. The predicted molar refractivity (Wildman–Crippen MR) is 28.3 cm³/mol. The van der Waals surface area contributed by atoms with E-state index in [1.54, 1.807) is 0 Å². The molecular formula is C4H7NO4. The summed E-state index contributed by atoms with van der Waals surface area (Å²) in [6.07, 6.45) is 0.324. The summed E-state index contributed by atoms with van der Waals surface area (Å²) in [6.45, 7) is 1.13. The highest BCUT2D eigenvalue weighted by molar-refractivity contribution is 5.95. The second-order valence-electron chi connectivity index (χ2n) is 1.14. The van der Waals surface area contributed by atoms with E-state index in [0.717, 1.165) is 6.92 Å². The molecule has 5 nitrogen and oxygen atoms in total. The van der Waals surface area contributed by atoms with Crippen molar-refractivity contribution < 1.29 is 19.9 Å². The van der Waals surface area contributed by atoms with E-state index in [1.807, 2.05) is 0 Å². The van der Waals surface area contributed by atoms with Gasteiger partial charge >= 0.3 is 0 Å². The lowest BCUT2D eigenvalue weighted by atomic mass is 10.6. The van der Waals surface area contributed by atoms with Crippen LogP contribution < -0.4 is 0 Å². The fraction of sp³-hybridized carbons (Fsp3) is 0.250. The Hall–Kier alpha value is -1.23. The molecule has 0 aromatic carbocycles. The van der Waals surface area contributed by atoms with Gasteiger partial charge in [0.2, 0.25) is 18.7 Å². The van der Waals surface area contributed by atoms with Gasteiger partial charge in [0.1, 0.15) is 0 Å². The number of carbonyl (C=O) groups is 3. The fourth-order valence-electron chi connectivity index (χ4n) is 0.173. The van der Waals surface area contributed by atoms with Gasteiger partial charge in [-0.25, -0.2) is 4.90 Å². The molecule has 0 heterocycles. The summed E-state index contributed by atoms with van der Waals surface area (Å²) < 4.78 is 0. The normalized spacial score (nSPS) is 6.78. The average Bonchev–Trinajstić information content (AvgIpc) is 1.69. The number of nitrogens with zero attached hydrogens (tertiary/aromatic N) is 1. The molecule has 0 aliphatic rings. The summed E-state index contributed by atoms with van der Waals surface area (Å²) in [5, 5.41) is 0. The van der Waals surface area contributed by atoms with Crippen molar-refractivity contribution in [1.29, 1.82) is 0 Å². The van der Waals surface area contributed by atoms with Gasteiger partial charge in [0.05, 0.1) is 0 Å². The van der Waals surface area contributed by atoms with Gasteiger partial charge in [-0.15, -0.1) is 0 Å². The van der Waals surface area contributed by atoms with Crippen molar-refractivity contribution in [3.63, 3.8) is 0 Å². The maximum atomic E-state index is 10.1. The van der Waals surface area contributed by atoms with Crippen LogP contribution in [0, 0.1) is 0 Å². The summed E-state index contributed by atoms with van der Waals surface area (Å²) in [6, 6.07) is 0. The van der Waals surface area contributed by atoms with E-state index in [0.29, 0.717) is 4.90 Å². The van der Waals surface area contributed by atoms with E-state index < -0.39 is 5.91 Å². The van der Waals surface area contributed by atoms with Crippen molar-refractivity contribution in [2.45, 2.75) is 6.92 Å². The first kappa shape index (κ1) is 10.7. The summed E-state index contributed by atoms with van der Waals surface area (Å²) in [5.74, 6) is -0.574. The quantitative estimate of drug-likeness (QED) is 0.422. The first-order chi connectivity index (χ1) is 3.72. The van der Waals surface area contributed by atoms with Crippen LogP contribution in [0.15, 0.2) is 0 Å². The number of amides is 3. The van der Waals surface area contributed by atoms with Gasteiger partial charge in [-0.3, -0.25) is 14.4 Å². The van der Waals surface area contributed by atoms with Crippen molar-refractivity contribution in [3.05, 3.63) is 0 Å². The van der Waals surface area contributed by atoms with Crippen molar-refractivity contribution in [3.8, 4) is 0 Å². The van der Waals surface area contributed by atoms with Crippen molar-refractivity contribution in [2.75, 3.05) is 0 Å². The minimum atomic E-state index is -0.574. The van der Waals surface area contributed by atoms with Crippen LogP contribution in [0.25, 0.3) is 0 Å². The average molecular weight is 133 g/mol. The second kappa shape index (κ2) is 4.92. The molecule has 9 heavy (non-hydrogen) atoms. The lowest BCUT2D eigenvalue weighted by molar-refractivity contribution is -0.141.